The molecule has 29 heavy (non-hydrogen) atoms. The van der Waals surface area contributed by atoms with Crippen molar-refractivity contribution in [1.82, 2.24) is 4.90 Å². The highest BCUT2D eigenvalue weighted by Crippen LogP contribution is 2.44. The maximum absolute atomic E-state index is 13.3. The lowest BCUT2D eigenvalue weighted by Crippen LogP contribution is -2.47. The Morgan fingerprint density at radius 3 is 2.72 bits per heavy atom. The van der Waals surface area contributed by atoms with Crippen molar-refractivity contribution in [2.75, 3.05) is 24.1 Å². The van der Waals surface area contributed by atoms with Gasteiger partial charge in [0, 0.05) is 12.3 Å². The van der Waals surface area contributed by atoms with Crippen LogP contribution in [0.2, 0.25) is 0 Å². The van der Waals surface area contributed by atoms with Crippen molar-refractivity contribution in [1.29, 1.82) is 5.26 Å². The second kappa shape index (κ2) is 8.18. The van der Waals surface area contributed by atoms with Crippen molar-refractivity contribution in [3.8, 4) is 11.8 Å². The summed E-state index contributed by atoms with van der Waals surface area (Å²) in [5.74, 6) is 0.662. The predicted molar refractivity (Wildman–Crippen MR) is 111 cm³/mol. The Bertz CT molecular complexity index is 1000. The molecular formula is C22H20FN3O2S. The van der Waals surface area contributed by atoms with Crippen LogP contribution in [0, 0.1) is 17.1 Å². The summed E-state index contributed by atoms with van der Waals surface area (Å²) >= 11 is 1.47. The summed E-state index contributed by atoms with van der Waals surface area (Å²) in [7, 11) is 0. The van der Waals surface area contributed by atoms with Crippen LogP contribution in [0.1, 0.15) is 24.8 Å². The first kappa shape index (κ1) is 19.3. The molecule has 0 N–H and O–H groups in total. The number of nitrogens with zero attached hydrogens (tertiary/aromatic N) is 3. The van der Waals surface area contributed by atoms with Crippen molar-refractivity contribution < 1.29 is 13.9 Å². The molecule has 2 aromatic rings. The highest BCUT2D eigenvalue weighted by atomic mass is 32.2. The number of allylic oxidation sites excluding steroid dienone is 1. The molecule has 1 saturated heterocycles. The maximum Gasteiger partial charge on any atom is 0.229 e. The van der Waals surface area contributed by atoms with Gasteiger partial charge in [-0.2, -0.15) is 5.26 Å². The van der Waals surface area contributed by atoms with E-state index >= 15 is 0 Å². The average Bonchev–Trinajstić information content (AvgIpc) is 2.75. The Labute approximate surface area is 173 Å². The zero-order valence-electron chi connectivity index (χ0n) is 16.0. The molecule has 148 valence electrons. The first-order valence-electron chi connectivity index (χ1n) is 9.42. The maximum atomic E-state index is 13.3. The lowest BCUT2D eigenvalue weighted by molar-refractivity contribution is -0.129. The number of ether oxygens (including phenoxy) is 1. The number of hydrogen-bond acceptors (Lipinski definition) is 5. The summed E-state index contributed by atoms with van der Waals surface area (Å²) in [5.41, 5.74) is 2.28. The van der Waals surface area contributed by atoms with Crippen molar-refractivity contribution in [2.45, 2.75) is 19.3 Å². The number of anilines is 1. The lowest BCUT2D eigenvalue weighted by atomic mass is 9.86. The third kappa shape index (κ3) is 3.68. The van der Waals surface area contributed by atoms with Gasteiger partial charge < -0.3 is 9.64 Å². The molecule has 2 aliphatic heterocycles. The Morgan fingerprint density at radius 1 is 1.24 bits per heavy atom. The topological polar surface area (TPSA) is 56.6 Å². The number of carbonyl (C=O) groups excluding carboxylic acids is 1. The molecule has 0 bridgehead atoms. The molecular weight excluding hydrogens is 389 g/mol. The standard InChI is InChI=1S/C22H20FN3O2S/c1-2-28-20-6-4-3-5-19(20)25-13-26-21(27)11-17(15-7-9-16(23)10-8-15)18(12-24)22(26)29-14-25/h3-10,17H,2,11,13-14H2,1H3/t17-/m1/s1. The number of rotatable bonds is 4. The van der Waals surface area contributed by atoms with Gasteiger partial charge in [-0.05, 0) is 36.8 Å². The molecule has 0 aromatic heterocycles. The summed E-state index contributed by atoms with van der Waals surface area (Å²) in [5, 5.41) is 10.5. The van der Waals surface area contributed by atoms with E-state index < -0.39 is 0 Å². The molecule has 0 saturated carbocycles. The van der Waals surface area contributed by atoms with Crippen molar-refractivity contribution >= 4 is 23.4 Å². The van der Waals surface area contributed by atoms with Crippen LogP contribution in [-0.4, -0.2) is 30.0 Å². The van der Waals surface area contributed by atoms with Crippen molar-refractivity contribution in [2.24, 2.45) is 0 Å². The first-order chi connectivity index (χ1) is 14.1. The molecule has 1 fully saturated rings. The van der Waals surface area contributed by atoms with Gasteiger partial charge in [0.2, 0.25) is 5.91 Å². The molecule has 2 aromatic carbocycles. The normalized spacial score (nSPS) is 19.1. The SMILES string of the molecule is CCOc1ccccc1N1CSC2=C(C#N)[C@@H](c3ccc(F)cc3)CC(=O)N2C1. The van der Waals surface area contributed by atoms with Gasteiger partial charge in [-0.3, -0.25) is 9.69 Å². The van der Waals surface area contributed by atoms with Crippen molar-refractivity contribution in [3.05, 3.63) is 70.5 Å². The number of nitriles is 1. The van der Waals surface area contributed by atoms with Gasteiger partial charge in [-0.25, -0.2) is 4.39 Å². The minimum atomic E-state index is -0.339. The first-order valence-corrected chi connectivity index (χ1v) is 10.4. The van der Waals surface area contributed by atoms with E-state index in [1.807, 2.05) is 31.2 Å². The Morgan fingerprint density at radius 2 is 2.00 bits per heavy atom. The Hall–Kier alpha value is -2.98. The molecule has 1 atom stereocenters. The average molecular weight is 409 g/mol. The molecule has 7 heteroatoms. The van der Waals surface area contributed by atoms with Crippen LogP contribution >= 0.6 is 11.8 Å². The van der Waals surface area contributed by atoms with Crippen LogP contribution in [0.4, 0.5) is 10.1 Å². The monoisotopic (exact) mass is 409 g/mol. The summed E-state index contributed by atoms with van der Waals surface area (Å²) in [4.78, 5) is 16.7. The fraction of sp³-hybridized carbons (Fsp3) is 0.273. The summed E-state index contributed by atoms with van der Waals surface area (Å²) in [6.07, 6.45) is 0.194. The second-order valence-corrected chi connectivity index (χ2v) is 7.75. The summed E-state index contributed by atoms with van der Waals surface area (Å²) < 4.78 is 19.0. The van der Waals surface area contributed by atoms with E-state index in [0.29, 0.717) is 29.8 Å². The highest BCUT2D eigenvalue weighted by Gasteiger charge is 2.38. The van der Waals surface area contributed by atoms with Gasteiger partial charge in [0.15, 0.2) is 0 Å². The van der Waals surface area contributed by atoms with Gasteiger partial charge in [-0.15, -0.1) is 0 Å². The Balaban J connectivity index is 1.65. The summed E-state index contributed by atoms with van der Waals surface area (Å²) in [6.45, 7) is 2.86. The van der Waals surface area contributed by atoms with E-state index in [1.165, 1.54) is 23.9 Å². The van der Waals surface area contributed by atoms with Crippen LogP contribution in [0.25, 0.3) is 0 Å². The van der Waals surface area contributed by atoms with Gasteiger partial charge >= 0.3 is 0 Å². The van der Waals surface area contributed by atoms with Crippen LogP contribution in [0.5, 0.6) is 5.75 Å². The van der Waals surface area contributed by atoms with E-state index in [9.17, 15) is 14.4 Å². The molecule has 2 heterocycles. The molecule has 4 rings (SSSR count). The van der Waals surface area contributed by atoms with E-state index in [2.05, 4.69) is 11.0 Å². The van der Waals surface area contributed by atoms with Gasteiger partial charge in [0.25, 0.3) is 0 Å². The molecule has 2 aliphatic rings. The molecule has 1 amide bonds. The quantitative estimate of drug-likeness (QED) is 0.747. The fourth-order valence-electron chi connectivity index (χ4n) is 3.69. The molecule has 5 nitrogen and oxygen atoms in total. The predicted octanol–water partition coefficient (Wildman–Crippen LogP) is 4.44. The number of benzene rings is 2. The van der Waals surface area contributed by atoms with Gasteiger partial charge in [0.1, 0.15) is 11.6 Å². The fourth-order valence-corrected chi connectivity index (χ4v) is 4.85. The van der Waals surface area contributed by atoms with Crippen LogP contribution in [0.3, 0.4) is 0 Å². The molecule has 0 unspecified atom stereocenters. The number of hydrogen-bond donors (Lipinski definition) is 0. The van der Waals surface area contributed by atoms with Crippen LogP contribution < -0.4 is 9.64 Å². The third-order valence-electron chi connectivity index (χ3n) is 5.07. The van der Waals surface area contributed by atoms with Crippen LogP contribution in [0.15, 0.2) is 59.1 Å². The number of thioether (sulfide) groups is 1. The highest BCUT2D eigenvalue weighted by molar-refractivity contribution is 8.03. The van der Waals surface area contributed by atoms with Gasteiger partial charge in [0.05, 0.1) is 41.5 Å². The van der Waals surface area contributed by atoms with Crippen molar-refractivity contribution in [3.63, 3.8) is 0 Å². The zero-order valence-corrected chi connectivity index (χ0v) is 16.8. The zero-order chi connectivity index (χ0) is 20.4. The number of amides is 1. The minimum absolute atomic E-state index is 0.0422. The van der Waals surface area contributed by atoms with Crippen LogP contribution in [-0.2, 0) is 4.79 Å². The lowest BCUT2D eigenvalue weighted by Gasteiger charge is -2.42. The third-order valence-corrected chi connectivity index (χ3v) is 6.23. The summed E-state index contributed by atoms with van der Waals surface area (Å²) in [6, 6.07) is 16.1. The number of carbonyl (C=O) groups is 1. The molecule has 0 aliphatic carbocycles. The largest absolute Gasteiger partial charge is 0.492 e. The number of halogens is 1. The number of para-hydroxylation sites is 2. The smallest absolute Gasteiger partial charge is 0.229 e. The van der Waals surface area contributed by atoms with E-state index in [0.717, 1.165) is 17.0 Å². The van der Waals surface area contributed by atoms with E-state index in [1.54, 1.807) is 17.0 Å². The second-order valence-electron chi connectivity index (χ2n) is 6.82. The van der Waals surface area contributed by atoms with E-state index in [4.69, 9.17) is 4.74 Å². The molecule has 0 spiro atoms. The number of fused-ring (bicyclic) bond motifs is 1. The molecule has 0 radical (unpaired) electrons. The Kier molecular flexibility index (Phi) is 5.45. The van der Waals surface area contributed by atoms with E-state index in [-0.39, 0.29) is 24.1 Å². The minimum Gasteiger partial charge on any atom is -0.492 e. The van der Waals surface area contributed by atoms with Gasteiger partial charge in [-0.1, -0.05) is 36.0 Å².